The van der Waals surface area contributed by atoms with Crippen LogP contribution >= 0.6 is 15.9 Å². The van der Waals surface area contributed by atoms with Gasteiger partial charge in [0.1, 0.15) is 0 Å². The number of nitrogens with zero attached hydrogens (tertiary/aromatic N) is 1. The van der Waals surface area contributed by atoms with Crippen LogP contribution in [0, 0.1) is 6.92 Å². The van der Waals surface area contributed by atoms with Crippen LogP contribution in [0.15, 0.2) is 59.2 Å². The average Bonchev–Trinajstić information content (AvgIpc) is 2.75. The van der Waals surface area contributed by atoms with E-state index >= 15 is 0 Å². The lowest BCUT2D eigenvalue weighted by molar-refractivity contribution is 0.830. The smallest absolute Gasteiger partial charge is 0.0494 e. The van der Waals surface area contributed by atoms with Crippen molar-refractivity contribution < 1.29 is 0 Å². The highest BCUT2D eigenvalue weighted by atomic mass is 79.9. The largest absolute Gasteiger partial charge is 0.343 e. The van der Waals surface area contributed by atoms with Gasteiger partial charge in [-0.15, -0.1) is 0 Å². The maximum atomic E-state index is 3.54. The SMILES string of the molecule is Cc1ccccc1Cn1ccc2ccc(Br)cc21. The summed E-state index contributed by atoms with van der Waals surface area (Å²) in [5.74, 6) is 0. The Kier molecular flexibility index (Phi) is 2.96. The molecule has 1 nitrogen and oxygen atoms in total. The number of hydrogen-bond donors (Lipinski definition) is 0. The number of aryl methyl sites for hydroxylation is 1. The van der Waals surface area contributed by atoms with Crippen LogP contribution in [-0.4, -0.2) is 4.57 Å². The van der Waals surface area contributed by atoms with Crippen molar-refractivity contribution in [2.75, 3.05) is 0 Å². The van der Waals surface area contributed by atoms with Crippen molar-refractivity contribution in [1.29, 1.82) is 0 Å². The molecular weight excluding hydrogens is 286 g/mol. The minimum absolute atomic E-state index is 0.923. The molecule has 0 N–H and O–H groups in total. The summed E-state index contributed by atoms with van der Waals surface area (Å²) in [6.45, 7) is 3.09. The summed E-state index contributed by atoms with van der Waals surface area (Å²) in [5.41, 5.74) is 3.98. The highest BCUT2D eigenvalue weighted by Gasteiger charge is 2.03. The molecule has 0 bridgehead atoms. The summed E-state index contributed by atoms with van der Waals surface area (Å²) < 4.78 is 3.42. The van der Waals surface area contributed by atoms with Crippen molar-refractivity contribution in [2.24, 2.45) is 0 Å². The van der Waals surface area contributed by atoms with Gasteiger partial charge < -0.3 is 4.57 Å². The second-order valence-electron chi connectivity index (χ2n) is 4.57. The van der Waals surface area contributed by atoms with Crippen molar-refractivity contribution in [1.82, 2.24) is 4.57 Å². The second kappa shape index (κ2) is 4.62. The molecule has 0 aliphatic heterocycles. The molecule has 0 aliphatic carbocycles. The van der Waals surface area contributed by atoms with Gasteiger partial charge in [0, 0.05) is 22.7 Å². The summed E-state index contributed by atoms with van der Waals surface area (Å²) in [6.07, 6.45) is 2.16. The maximum Gasteiger partial charge on any atom is 0.0494 e. The Bertz CT molecular complexity index is 697. The van der Waals surface area contributed by atoms with Crippen LogP contribution in [0.5, 0.6) is 0 Å². The molecule has 0 saturated heterocycles. The monoisotopic (exact) mass is 299 g/mol. The van der Waals surface area contributed by atoms with Gasteiger partial charge in [0.25, 0.3) is 0 Å². The van der Waals surface area contributed by atoms with E-state index < -0.39 is 0 Å². The second-order valence-corrected chi connectivity index (χ2v) is 5.49. The Morgan fingerprint density at radius 3 is 2.72 bits per heavy atom. The van der Waals surface area contributed by atoms with Gasteiger partial charge in [-0.1, -0.05) is 46.3 Å². The van der Waals surface area contributed by atoms with Crippen LogP contribution in [0.25, 0.3) is 10.9 Å². The molecule has 3 aromatic rings. The first-order valence-electron chi connectivity index (χ1n) is 6.03. The number of benzene rings is 2. The standard InChI is InChI=1S/C16H14BrN/c1-12-4-2-3-5-14(12)11-18-9-8-13-6-7-15(17)10-16(13)18/h2-10H,11H2,1H3. The molecule has 1 aromatic heterocycles. The number of aromatic nitrogens is 1. The minimum Gasteiger partial charge on any atom is -0.343 e. The zero-order chi connectivity index (χ0) is 12.5. The molecule has 90 valence electrons. The fourth-order valence-electron chi connectivity index (χ4n) is 2.27. The van der Waals surface area contributed by atoms with E-state index in [1.807, 2.05) is 0 Å². The minimum atomic E-state index is 0.923. The molecule has 0 aliphatic rings. The van der Waals surface area contributed by atoms with Gasteiger partial charge in [-0.3, -0.25) is 0 Å². The van der Waals surface area contributed by atoms with Gasteiger partial charge in [-0.25, -0.2) is 0 Å². The normalized spacial score (nSPS) is 11.0. The first-order valence-corrected chi connectivity index (χ1v) is 6.82. The van der Waals surface area contributed by atoms with Crippen LogP contribution in [0.1, 0.15) is 11.1 Å². The Balaban J connectivity index is 2.05. The van der Waals surface area contributed by atoms with Crippen LogP contribution < -0.4 is 0 Å². The fraction of sp³-hybridized carbons (Fsp3) is 0.125. The van der Waals surface area contributed by atoms with E-state index in [0.29, 0.717) is 0 Å². The third-order valence-corrected chi connectivity index (χ3v) is 3.83. The maximum absolute atomic E-state index is 3.54. The third kappa shape index (κ3) is 2.08. The summed E-state index contributed by atoms with van der Waals surface area (Å²) in [6, 6.07) is 17.1. The van der Waals surface area contributed by atoms with E-state index in [4.69, 9.17) is 0 Å². The predicted molar refractivity (Wildman–Crippen MR) is 79.9 cm³/mol. The van der Waals surface area contributed by atoms with Gasteiger partial charge in [-0.2, -0.15) is 0 Å². The van der Waals surface area contributed by atoms with Gasteiger partial charge in [0.05, 0.1) is 0 Å². The van der Waals surface area contributed by atoms with Crippen molar-refractivity contribution in [3.05, 3.63) is 70.3 Å². The number of rotatable bonds is 2. The van der Waals surface area contributed by atoms with Crippen LogP contribution in [0.4, 0.5) is 0 Å². The molecule has 0 unspecified atom stereocenters. The van der Waals surface area contributed by atoms with Gasteiger partial charge >= 0.3 is 0 Å². The predicted octanol–water partition coefficient (Wildman–Crippen LogP) is 4.76. The summed E-state index contributed by atoms with van der Waals surface area (Å²) in [7, 11) is 0. The number of halogens is 1. The van der Waals surface area contributed by atoms with Crippen LogP contribution in [0.3, 0.4) is 0 Å². The first kappa shape index (κ1) is 11.5. The zero-order valence-electron chi connectivity index (χ0n) is 10.2. The van der Waals surface area contributed by atoms with Crippen molar-refractivity contribution in [3.8, 4) is 0 Å². The average molecular weight is 300 g/mol. The Hall–Kier alpha value is -1.54. The van der Waals surface area contributed by atoms with E-state index in [0.717, 1.165) is 11.0 Å². The summed E-state index contributed by atoms with van der Waals surface area (Å²) in [5, 5.41) is 1.28. The Morgan fingerprint density at radius 1 is 1.06 bits per heavy atom. The Labute approximate surface area is 115 Å². The van der Waals surface area contributed by atoms with E-state index in [-0.39, 0.29) is 0 Å². The van der Waals surface area contributed by atoms with E-state index in [1.165, 1.54) is 22.0 Å². The molecule has 18 heavy (non-hydrogen) atoms. The highest BCUT2D eigenvalue weighted by Crippen LogP contribution is 2.22. The molecule has 0 atom stereocenters. The molecule has 0 radical (unpaired) electrons. The molecule has 1 heterocycles. The molecule has 2 aromatic carbocycles. The summed E-state index contributed by atoms with van der Waals surface area (Å²) in [4.78, 5) is 0. The van der Waals surface area contributed by atoms with Crippen molar-refractivity contribution >= 4 is 26.8 Å². The number of hydrogen-bond acceptors (Lipinski definition) is 0. The Morgan fingerprint density at radius 2 is 1.89 bits per heavy atom. The highest BCUT2D eigenvalue weighted by molar-refractivity contribution is 9.10. The molecule has 0 fully saturated rings. The van der Waals surface area contributed by atoms with E-state index in [9.17, 15) is 0 Å². The first-order chi connectivity index (χ1) is 8.74. The lowest BCUT2D eigenvalue weighted by Gasteiger charge is -2.08. The zero-order valence-corrected chi connectivity index (χ0v) is 11.8. The van der Waals surface area contributed by atoms with Crippen molar-refractivity contribution in [2.45, 2.75) is 13.5 Å². The molecule has 0 amide bonds. The lowest BCUT2D eigenvalue weighted by Crippen LogP contribution is -1.99. The van der Waals surface area contributed by atoms with E-state index in [2.05, 4.69) is 82.1 Å². The summed E-state index contributed by atoms with van der Waals surface area (Å²) >= 11 is 3.54. The topological polar surface area (TPSA) is 4.93 Å². The molecule has 3 rings (SSSR count). The molecular formula is C16H14BrN. The number of fused-ring (bicyclic) bond motifs is 1. The third-order valence-electron chi connectivity index (χ3n) is 3.34. The molecule has 0 saturated carbocycles. The van der Waals surface area contributed by atoms with E-state index in [1.54, 1.807) is 0 Å². The molecule has 0 spiro atoms. The van der Waals surface area contributed by atoms with Crippen molar-refractivity contribution in [3.63, 3.8) is 0 Å². The van der Waals surface area contributed by atoms with Gasteiger partial charge in [0.2, 0.25) is 0 Å². The molecule has 2 heteroatoms. The van der Waals surface area contributed by atoms with Gasteiger partial charge in [0.15, 0.2) is 0 Å². The quantitative estimate of drug-likeness (QED) is 0.643. The lowest BCUT2D eigenvalue weighted by atomic mass is 10.1. The van der Waals surface area contributed by atoms with Gasteiger partial charge in [-0.05, 0) is 41.6 Å². The fourth-order valence-corrected chi connectivity index (χ4v) is 2.61. The van der Waals surface area contributed by atoms with Crippen LogP contribution in [-0.2, 0) is 6.54 Å². The van der Waals surface area contributed by atoms with Crippen LogP contribution in [0.2, 0.25) is 0 Å².